The first kappa shape index (κ1) is 18.7. The Morgan fingerprint density at radius 3 is 2.71 bits per heavy atom. The molecule has 1 unspecified atom stereocenters. The van der Waals surface area contributed by atoms with Gasteiger partial charge in [0.25, 0.3) is 0 Å². The number of carboxylic acids is 1. The second kappa shape index (κ2) is 8.48. The van der Waals surface area contributed by atoms with Gasteiger partial charge in [0, 0.05) is 16.6 Å². The van der Waals surface area contributed by atoms with E-state index in [0.29, 0.717) is 6.54 Å². The topological polar surface area (TPSA) is 81.7 Å². The number of halogens is 1. The fourth-order valence-corrected chi connectivity index (χ4v) is 3.38. The van der Waals surface area contributed by atoms with E-state index in [1.807, 2.05) is 43.0 Å². The lowest BCUT2D eigenvalue weighted by Gasteiger charge is -2.42. The SMILES string of the molecule is CCN(CC(=O)O)C1CC(NC(=O)NC(C)c2cccc(Br)c2)C1. The molecule has 1 saturated carbocycles. The summed E-state index contributed by atoms with van der Waals surface area (Å²) in [5.74, 6) is -0.811. The van der Waals surface area contributed by atoms with Crippen molar-refractivity contribution in [2.24, 2.45) is 0 Å². The Morgan fingerprint density at radius 2 is 2.12 bits per heavy atom. The highest BCUT2D eigenvalue weighted by Gasteiger charge is 2.34. The number of nitrogens with zero attached hydrogens (tertiary/aromatic N) is 1. The summed E-state index contributed by atoms with van der Waals surface area (Å²) < 4.78 is 0.981. The van der Waals surface area contributed by atoms with Gasteiger partial charge in [-0.15, -0.1) is 0 Å². The number of benzene rings is 1. The maximum absolute atomic E-state index is 12.1. The van der Waals surface area contributed by atoms with Gasteiger partial charge in [0.05, 0.1) is 12.6 Å². The number of nitrogens with one attached hydrogen (secondary N) is 2. The van der Waals surface area contributed by atoms with Gasteiger partial charge in [-0.1, -0.05) is 35.0 Å². The molecule has 0 spiro atoms. The molecule has 0 aliphatic heterocycles. The van der Waals surface area contributed by atoms with Crippen LogP contribution in [-0.4, -0.2) is 47.2 Å². The summed E-state index contributed by atoms with van der Waals surface area (Å²) in [4.78, 5) is 24.9. The van der Waals surface area contributed by atoms with Crippen molar-refractivity contribution >= 4 is 27.9 Å². The minimum Gasteiger partial charge on any atom is -0.480 e. The van der Waals surface area contributed by atoms with E-state index in [1.165, 1.54) is 0 Å². The summed E-state index contributed by atoms with van der Waals surface area (Å²) in [5.41, 5.74) is 1.03. The van der Waals surface area contributed by atoms with Crippen molar-refractivity contribution < 1.29 is 14.7 Å². The van der Waals surface area contributed by atoms with E-state index >= 15 is 0 Å². The maximum Gasteiger partial charge on any atom is 0.317 e. The molecule has 7 heteroatoms. The van der Waals surface area contributed by atoms with Gasteiger partial charge in [-0.25, -0.2) is 4.79 Å². The average Bonchev–Trinajstić information content (AvgIpc) is 2.48. The van der Waals surface area contributed by atoms with E-state index in [2.05, 4.69) is 26.6 Å². The first-order valence-corrected chi connectivity index (χ1v) is 8.96. The minimum absolute atomic E-state index is 0.0556. The molecule has 3 N–H and O–H groups in total. The summed E-state index contributed by atoms with van der Waals surface area (Å²) in [6.45, 7) is 4.66. The van der Waals surface area contributed by atoms with Crippen LogP contribution in [0.4, 0.5) is 4.79 Å². The molecule has 2 amide bonds. The van der Waals surface area contributed by atoms with Crippen molar-refractivity contribution in [1.29, 1.82) is 0 Å². The van der Waals surface area contributed by atoms with Gasteiger partial charge in [-0.05, 0) is 44.0 Å². The lowest BCUT2D eigenvalue weighted by molar-refractivity contribution is -0.139. The second-order valence-electron chi connectivity index (χ2n) is 6.17. The number of carbonyl (C=O) groups excluding carboxylic acids is 1. The van der Waals surface area contributed by atoms with Crippen molar-refractivity contribution in [1.82, 2.24) is 15.5 Å². The van der Waals surface area contributed by atoms with Crippen LogP contribution in [0.25, 0.3) is 0 Å². The molecule has 1 aliphatic carbocycles. The molecule has 0 bridgehead atoms. The van der Waals surface area contributed by atoms with Crippen LogP contribution in [0.15, 0.2) is 28.7 Å². The standard InChI is InChI=1S/C17H24BrN3O3/c1-3-21(10-16(22)23)15-8-14(9-15)20-17(24)19-11(2)12-5-4-6-13(18)7-12/h4-7,11,14-15H,3,8-10H2,1-2H3,(H,22,23)(H2,19,20,24). The van der Waals surface area contributed by atoms with E-state index in [9.17, 15) is 9.59 Å². The van der Waals surface area contributed by atoms with Gasteiger partial charge in [-0.3, -0.25) is 9.69 Å². The number of likely N-dealkylation sites (N-methyl/N-ethyl adjacent to an activating group) is 1. The van der Waals surface area contributed by atoms with Crippen LogP contribution in [0.2, 0.25) is 0 Å². The second-order valence-corrected chi connectivity index (χ2v) is 7.09. The van der Waals surface area contributed by atoms with Crippen LogP contribution in [0.1, 0.15) is 38.3 Å². The molecule has 1 fully saturated rings. The van der Waals surface area contributed by atoms with E-state index in [-0.39, 0.29) is 30.7 Å². The van der Waals surface area contributed by atoms with Gasteiger partial charge < -0.3 is 15.7 Å². The van der Waals surface area contributed by atoms with Crippen molar-refractivity contribution in [3.63, 3.8) is 0 Å². The Morgan fingerprint density at radius 1 is 1.42 bits per heavy atom. The first-order chi connectivity index (χ1) is 11.4. The monoisotopic (exact) mass is 397 g/mol. The summed E-state index contributed by atoms with van der Waals surface area (Å²) >= 11 is 3.43. The molecule has 0 aromatic heterocycles. The zero-order valence-electron chi connectivity index (χ0n) is 14.0. The molecule has 1 aromatic carbocycles. The van der Waals surface area contributed by atoms with Crippen LogP contribution < -0.4 is 10.6 Å². The van der Waals surface area contributed by atoms with Crippen molar-refractivity contribution in [3.05, 3.63) is 34.3 Å². The Bertz CT molecular complexity index is 590. The molecule has 1 aliphatic rings. The summed E-state index contributed by atoms with van der Waals surface area (Å²) in [6, 6.07) is 7.90. The predicted octanol–water partition coefficient (Wildman–Crippen LogP) is 2.75. The largest absolute Gasteiger partial charge is 0.480 e. The Kier molecular flexibility index (Phi) is 6.62. The number of carbonyl (C=O) groups is 2. The number of carboxylic acid groups (broad SMARTS) is 1. The van der Waals surface area contributed by atoms with Gasteiger partial charge in [0.1, 0.15) is 0 Å². The molecular formula is C17H24BrN3O3. The van der Waals surface area contributed by atoms with E-state index in [1.54, 1.807) is 0 Å². The number of urea groups is 1. The van der Waals surface area contributed by atoms with Crippen molar-refractivity contribution in [3.8, 4) is 0 Å². The first-order valence-electron chi connectivity index (χ1n) is 8.17. The smallest absolute Gasteiger partial charge is 0.317 e. The lowest BCUT2D eigenvalue weighted by atomic mass is 9.85. The summed E-state index contributed by atoms with van der Waals surface area (Å²) in [6.07, 6.45) is 1.58. The van der Waals surface area contributed by atoms with Crippen LogP contribution in [0.5, 0.6) is 0 Å². The zero-order chi connectivity index (χ0) is 17.7. The number of hydrogen-bond acceptors (Lipinski definition) is 3. The third-order valence-corrected chi connectivity index (χ3v) is 4.90. The molecule has 2 rings (SSSR count). The molecule has 132 valence electrons. The normalized spacial score (nSPS) is 21.0. The van der Waals surface area contributed by atoms with Crippen LogP contribution in [0.3, 0.4) is 0 Å². The van der Waals surface area contributed by atoms with E-state index in [4.69, 9.17) is 5.11 Å². The highest BCUT2D eigenvalue weighted by molar-refractivity contribution is 9.10. The van der Waals surface area contributed by atoms with Crippen molar-refractivity contribution in [2.75, 3.05) is 13.1 Å². The fraction of sp³-hybridized carbons (Fsp3) is 0.529. The molecule has 0 heterocycles. The van der Waals surface area contributed by atoms with Gasteiger partial charge >= 0.3 is 12.0 Å². The van der Waals surface area contributed by atoms with Crippen LogP contribution in [-0.2, 0) is 4.79 Å². The highest BCUT2D eigenvalue weighted by atomic mass is 79.9. The summed E-state index contributed by atoms with van der Waals surface area (Å²) in [7, 11) is 0. The van der Waals surface area contributed by atoms with E-state index < -0.39 is 5.97 Å². The molecule has 1 atom stereocenters. The molecular weight excluding hydrogens is 374 g/mol. The quantitative estimate of drug-likeness (QED) is 0.660. The molecule has 0 radical (unpaired) electrons. The third-order valence-electron chi connectivity index (χ3n) is 4.41. The zero-order valence-corrected chi connectivity index (χ0v) is 15.5. The number of hydrogen-bond donors (Lipinski definition) is 3. The molecule has 6 nitrogen and oxygen atoms in total. The number of amides is 2. The summed E-state index contributed by atoms with van der Waals surface area (Å²) in [5, 5.41) is 14.8. The highest BCUT2D eigenvalue weighted by Crippen LogP contribution is 2.25. The third kappa shape index (κ3) is 5.21. The van der Waals surface area contributed by atoms with Gasteiger partial charge in [-0.2, -0.15) is 0 Å². The van der Waals surface area contributed by atoms with Crippen molar-refractivity contribution in [2.45, 2.75) is 44.8 Å². The Balaban J connectivity index is 1.75. The fourth-order valence-electron chi connectivity index (χ4n) is 2.96. The van der Waals surface area contributed by atoms with Gasteiger partial charge in [0.15, 0.2) is 0 Å². The molecule has 1 aromatic rings. The predicted molar refractivity (Wildman–Crippen MR) is 95.9 cm³/mol. The average molecular weight is 398 g/mol. The number of rotatable bonds is 7. The minimum atomic E-state index is -0.811. The number of aliphatic carboxylic acids is 1. The van der Waals surface area contributed by atoms with Crippen LogP contribution >= 0.6 is 15.9 Å². The van der Waals surface area contributed by atoms with E-state index in [0.717, 1.165) is 22.9 Å². The maximum atomic E-state index is 12.1. The van der Waals surface area contributed by atoms with Crippen LogP contribution in [0, 0.1) is 0 Å². The Labute approximate surface area is 150 Å². The lowest BCUT2D eigenvalue weighted by Crippen LogP contribution is -2.56. The molecule has 24 heavy (non-hydrogen) atoms. The van der Waals surface area contributed by atoms with Gasteiger partial charge in [0.2, 0.25) is 0 Å². The Hall–Kier alpha value is -1.60. The molecule has 0 saturated heterocycles.